The molecule has 1 N–H and O–H groups in total. The summed E-state index contributed by atoms with van der Waals surface area (Å²) in [4.78, 5) is 13.6. The average molecular weight is 377 g/mol. The smallest absolute Gasteiger partial charge is 0.226 e. The lowest BCUT2D eigenvalue weighted by Crippen LogP contribution is -2.44. The van der Waals surface area contributed by atoms with Crippen molar-refractivity contribution in [2.24, 2.45) is 0 Å². The standard InChI is InChI=1S/C22H24N4S/c1-2-6-17-15-18(10-9-16(17)5-1)27-21-19-7-3-4-8-20(19)24-22(25-21)26-13-11-23-12-14-26/h1-2,5-6,9-10,15,23H,3-4,7-8,11-14H2. The van der Waals surface area contributed by atoms with Gasteiger partial charge in [-0.15, -0.1) is 0 Å². The normalized spacial score (nSPS) is 17.1. The first-order chi connectivity index (χ1) is 13.4. The Hall–Kier alpha value is -2.11. The first-order valence-electron chi connectivity index (χ1n) is 9.89. The third-order valence-corrected chi connectivity index (χ3v) is 6.49. The molecular weight excluding hydrogens is 352 g/mol. The first-order valence-corrected chi connectivity index (χ1v) is 10.7. The van der Waals surface area contributed by atoms with E-state index in [1.54, 1.807) is 11.8 Å². The van der Waals surface area contributed by atoms with Crippen molar-refractivity contribution in [3.8, 4) is 0 Å². The molecule has 27 heavy (non-hydrogen) atoms. The molecule has 0 atom stereocenters. The predicted molar refractivity (Wildman–Crippen MR) is 112 cm³/mol. The van der Waals surface area contributed by atoms with E-state index < -0.39 is 0 Å². The van der Waals surface area contributed by atoms with Crippen LogP contribution in [0.15, 0.2) is 52.4 Å². The van der Waals surface area contributed by atoms with Crippen LogP contribution < -0.4 is 10.2 Å². The van der Waals surface area contributed by atoms with E-state index in [9.17, 15) is 0 Å². The molecule has 4 nitrogen and oxygen atoms in total. The van der Waals surface area contributed by atoms with Crippen LogP contribution in [0.25, 0.3) is 10.8 Å². The highest BCUT2D eigenvalue weighted by atomic mass is 32.2. The van der Waals surface area contributed by atoms with Gasteiger partial charge in [0.1, 0.15) is 5.03 Å². The van der Waals surface area contributed by atoms with Gasteiger partial charge in [0.25, 0.3) is 0 Å². The molecular formula is C22H24N4S. The average Bonchev–Trinajstić information content (AvgIpc) is 2.74. The summed E-state index contributed by atoms with van der Waals surface area (Å²) in [5, 5.41) is 7.14. The van der Waals surface area contributed by atoms with Crippen molar-refractivity contribution < 1.29 is 0 Å². The van der Waals surface area contributed by atoms with Gasteiger partial charge in [-0.25, -0.2) is 9.97 Å². The zero-order valence-corrected chi connectivity index (χ0v) is 16.3. The van der Waals surface area contributed by atoms with Gasteiger partial charge in [0.05, 0.1) is 5.69 Å². The molecule has 1 aromatic heterocycles. The zero-order chi connectivity index (χ0) is 18.1. The highest BCUT2D eigenvalue weighted by Gasteiger charge is 2.22. The van der Waals surface area contributed by atoms with Gasteiger partial charge in [-0.05, 0) is 48.6 Å². The summed E-state index contributed by atoms with van der Waals surface area (Å²) in [5.41, 5.74) is 2.64. The Kier molecular flexibility index (Phi) is 4.72. The summed E-state index contributed by atoms with van der Waals surface area (Å²) in [6, 6.07) is 15.3. The molecule has 0 radical (unpaired) electrons. The van der Waals surface area contributed by atoms with Crippen molar-refractivity contribution >= 4 is 28.5 Å². The molecule has 0 saturated carbocycles. The number of hydrogen-bond acceptors (Lipinski definition) is 5. The Morgan fingerprint density at radius 2 is 1.70 bits per heavy atom. The molecule has 1 aliphatic carbocycles. The minimum absolute atomic E-state index is 0.917. The molecule has 2 aliphatic rings. The van der Waals surface area contributed by atoms with E-state index in [0.29, 0.717) is 0 Å². The number of anilines is 1. The van der Waals surface area contributed by atoms with Gasteiger partial charge in [0, 0.05) is 36.6 Å². The Balaban J connectivity index is 1.52. The number of hydrogen-bond donors (Lipinski definition) is 1. The molecule has 138 valence electrons. The number of benzene rings is 2. The van der Waals surface area contributed by atoms with Crippen molar-refractivity contribution in [3.05, 3.63) is 53.7 Å². The molecule has 1 fully saturated rings. The molecule has 3 aromatic rings. The molecule has 1 saturated heterocycles. The fourth-order valence-corrected chi connectivity index (χ4v) is 5.00. The molecule has 1 aliphatic heterocycles. The second-order valence-corrected chi connectivity index (χ2v) is 8.37. The Morgan fingerprint density at radius 3 is 2.59 bits per heavy atom. The minimum atomic E-state index is 0.917. The second-order valence-electron chi connectivity index (χ2n) is 7.31. The molecule has 0 amide bonds. The number of rotatable bonds is 3. The number of nitrogens with one attached hydrogen (secondary N) is 1. The summed E-state index contributed by atoms with van der Waals surface area (Å²) in [6.45, 7) is 3.99. The topological polar surface area (TPSA) is 41.1 Å². The van der Waals surface area contributed by atoms with Gasteiger partial charge in [-0.1, -0.05) is 42.1 Å². The van der Waals surface area contributed by atoms with Crippen LogP contribution in [0.5, 0.6) is 0 Å². The Morgan fingerprint density at radius 1 is 0.889 bits per heavy atom. The van der Waals surface area contributed by atoms with E-state index >= 15 is 0 Å². The van der Waals surface area contributed by atoms with Crippen LogP contribution in [0.1, 0.15) is 24.1 Å². The zero-order valence-electron chi connectivity index (χ0n) is 15.4. The second kappa shape index (κ2) is 7.49. The van der Waals surface area contributed by atoms with Gasteiger partial charge in [-0.2, -0.15) is 0 Å². The van der Waals surface area contributed by atoms with Crippen molar-refractivity contribution in [2.75, 3.05) is 31.1 Å². The van der Waals surface area contributed by atoms with Gasteiger partial charge < -0.3 is 10.2 Å². The molecule has 0 spiro atoms. The van der Waals surface area contributed by atoms with E-state index in [4.69, 9.17) is 9.97 Å². The van der Waals surface area contributed by atoms with Crippen LogP contribution >= 0.6 is 11.8 Å². The molecule has 5 heteroatoms. The minimum Gasteiger partial charge on any atom is -0.338 e. The number of fused-ring (bicyclic) bond motifs is 2. The van der Waals surface area contributed by atoms with Crippen LogP contribution in [0.2, 0.25) is 0 Å². The van der Waals surface area contributed by atoms with Crippen molar-refractivity contribution in [1.29, 1.82) is 0 Å². The van der Waals surface area contributed by atoms with E-state index in [0.717, 1.165) is 50.0 Å². The quantitative estimate of drug-likeness (QED) is 0.698. The van der Waals surface area contributed by atoms with Crippen LogP contribution in [0, 0.1) is 0 Å². The highest BCUT2D eigenvalue weighted by molar-refractivity contribution is 7.99. The summed E-state index contributed by atoms with van der Waals surface area (Å²) in [6.07, 6.45) is 4.68. The largest absolute Gasteiger partial charge is 0.338 e. The third kappa shape index (κ3) is 3.54. The number of nitrogens with zero attached hydrogens (tertiary/aromatic N) is 3. The Labute approximate surface area is 164 Å². The lowest BCUT2D eigenvalue weighted by molar-refractivity contribution is 0.571. The maximum Gasteiger partial charge on any atom is 0.226 e. The SMILES string of the molecule is c1ccc2cc(Sc3nc(N4CCNCC4)nc4c3CCCC4)ccc2c1. The van der Waals surface area contributed by atoms with Crippen LogP contribution in [0.4, 0.5) is 5.95 Å². The molecule has 0 bridgehead atoms. The monoisotopic (exact) mass is 376 g/mol. The Bertz CT molecular complexity index is 966. The van der Waals surface area contributed by atoms with Crippen LogP contribution in [-0.2, 0) is 12.8 Å². The predicted octanol–water partition coefficient (Wildman–Crippen LogP) is 4.07. The van der Waals surface area contributed by atoms with Gasteiger partial charge in [0.15, 0.2) is 0 Å². The fourth-order valence-electron chi connectivity index (χ4n) is 3.98. The molecule has 2 heterocycles. The van der Waals surface area contributed by atoms with Crippen molar-refractivity contribution in [1.82, 2.24) is 15.3 Å². The van der Waals surface area contributed by atoms with E-state index in [1.165, 1.54) is 39.8 Å². The number of aryl methyl sites for hydroxylation is 1. The maximum absolute atomic E-state index is 5.04. The highest BCUT2D eigenvalue weighted by Crippen LogP contribution is 2.36. The lowest BCUT2D eigenvalue weighted by atomic mass is 9.97. The van der Waals surface area contributed by atoms with Gasteiger partial charge in [0.2, 0.25) is 5.95 Å². The molecule has 5 rings (SSSR count). The van der Waals surface area contributed by atoms with Gasteiger partial charge in [-0.3, -0.25) is 0 Å². The van der Waals surface area contributed by atoms with E-state index in [-0.39, 0.29) is 0 Å². The summed E-state index contributed by atoms with van der Waals surface area (Å²) in [5.74, 6) is 0.917. The van der Waals surface area contributed by atoms with Crippen LogP contribution in [-0.4, -0.2) is 36.1 Å². The first kappa shape index (κ1) is 17.0. The summed E-state index contributed by atoms with van der Waals surface area (Å²) in [7, 11) is 0. The molecule has 0 unspecified atom stereocenters. The van der Waals surface area contributed by atoms with E-state index in [1.807, 2.05) is 0 Å². The number of aromatic nitrogens is 2. The lowest BCUT2D eigenvalue weighted by Gasteiger charge is -2.29. The number of piperazine rings is 1. The maximum atomic E-state index is 5.04. The summed E-state index contributed by atoms with van der Waals surface area (Å²) < 4.78 is 0. The molecule has 2 aromatic carbocycles. The van der Waals surface area contributed by atoms with Gasteiger partial charge >= 0.3 is 0 Å². The summed E-state index contributed by atoms with van der Waals surface area (Å²) >= 11 is 1.80. The van der Waals surface area contributed by atoms with Crippen LogP contribution in [0.3, 0.4) is 0 Å². The third-order valence-electron chi connectivity index (χ3n) is 5.47. The van der Waals surface area contributed by atoms with E-state index in [2.05, 4.69) is 52.7 Å². The van der Waals surface area contributed by atoms with Crippen molar-refractivity contribution in [2.45, 2.75) is 35.6 Å². The van der Waals surface area contributed by atoms with Crippen molar-refractivity contribution in [3.63, 3.8) is 0 Å². The fraction of sp³-hybridized carbons (Fsp3) is 0.364.